The van der Waals surface area contributed by atoms with Gasteiger partial charge in [0.2, 0.25) is 0 Å². The molecule has 98 valence electrons. The Hall–Kier alpha value is -0.530. The molecule has 0 radical (unpaired) electrons. The Kier molecular flexibility index (Phi) is 4.87. The van der Waals surface area contributed by atoms with Gasteiger partial charge < -0.3 is 4.74 Å². The van der Waals surface area contributed by atoms with Crippen molar-refractivity contribution in [2.75, 3.05) is 0 Å². The molecule has 0 aliphatic heterocycles. The zero-order valence-corrected chi connectivity index (χ0v) is 11.0. The predicted octanol–water partition coefficient (Wildman–Crippen LogP) is 4.22. The molecule has 0 aromatic heterocycles. The van der Waals surface area contributed by atoms with Gasteiger partial charge in [0.25, 0.3) is 6.47 Å². The Morgan fingerprint density at radius 1 is 0.824 bits per heavy atom. The zero-order valence-electron chi connectivity index (χ0n) is 11.0. The number of rotatable bonds is 3. The lowest BCUT2D eigenvalue weighted by molar-refractivity contribution is -0.153. The van der Waals surface area contributed by atoms with E-state index in [0.717, 1.165) is 19.3 Å². The van der Waals surface area contributed by atoms with E-state index in [4.69, 9.17) is 4.74 Å². The smallest absolute Gasteiger partial charge is 0.293 e. The van der Waals surface area contributed by atoms with E-state index in [1.54, 1.807) is 0 Å². The van der Waals surface area contributed by atoms with Crippen LogP contribution in [0.3, 0.4) is 0 Å². The number of ether oxygens (including phenoxy) is 1. The fourth-order valence-corrected chi connectivity index (χ4v) is 3.85. The summed E-state index contributed by atoms with van der Waals surface area (Å²) < 4.78 is 5.66. The molecule has 2 rings (SSSR count). The maximum atomic E-state index is 10.9. The lowest BCUT2D eigenvalue weighted by Crippen LogP contribution is -2.40. The normalized spacial score (nSPS) is 26.8. The van der Waals surface area contributed by atoms with Gasteiger partial charge in [0, 0.05) is 0 Å². The van der Waals surface area contributed by atoms with Crippen LogP contribution in [0.25, 0.3) is 0 Å². The summed E-state index contributed by atoms with van der Waals surface area (Å²) in [6.07, 6.45) is 15.3. The van der Waals surface area contributed by atoms with Crippen molar-refractivity contribution in [1.29, 1.82) is 0 Å². The Morgan fingerprint density at radius 2 is 1.35 bits per heavy atom. The number of hydrogen-bond acceptors (Lipinski definition) is 2. The van der Waals surface area contributed by atoms with E-state index in [1.807, 2.05) is 0 Å². The van der Waals surface area contributed by atoms with Gasteiger partial charge in [0.1, 0.15) is 5.60 Å². The largest absolute Gasteiger partial charge is 0.461 e. The van der Waals surface area contributed by atoms with Gasteiger partial charge >= 0.3 is 0 Å². The van der Waals surface area contributed by atoms with Gasteiger partial charge in [-0.2, -0.15) is 0 Å². The SMILES string of the molecule is O=COC1(C2CCCCCC2)CCCCCC1. The molecule has 17 heavy (non-hydrogen) atoms. The van der Waals surface area contributed by atoms with Crippen LogP contribution in [0, 0.1) is 5.92 Å². The molecule has 0 spiro atoms. The summed E-state index contributed by atoms with van der Waals surface area (Å²) in [5.74, 6) is 0.633. The molecule has 0 saturated heterocycles. The molecule has 2 fully saturated rings. The summed E-state index contributed by atoms with van der Waals surface area (Å²) in [6.45, 7) is 0.718. The zero-order chi connectivity index (χ0) is 12.0. The third kappa shape index (κ3) is 3.23. The minimum absolute atomic E-state index is 0.0947. The van der Waals surface area contributed by atoms with Crippen LogP contribution in [-0.2, 0) is 9.53 Å². The average Bonchev–Trinajstić information content (AvgIpc) is 2.72. The van der Waals surface area contributed by atoms with Crippen LogP contribution < -0.4 is 0 Å². The van der Waals surface area contributed by atoms with Gasteiger partial charge in [-0.15, -0.1) is 0 Å². The van der Waals surface area contributed by atoms with Crippen molar-refractivity contribution in [2.24, 2.45) is 5.92 Å². The second-order valence-electron chi connectivity index (χ2n) is 5.88. The molecule has 2 heteroatoms. The molecular weight excluding hydrogens is 212 g/mol. The van der Waals surface area contributed by atoms with E-state index < -0.39 is 0 Å². The van der Waals surface area contributed by atoms with Gasteiger partial charge in [0.15, 0.2) is 0 Å². The van der Waals surface area contributed by atoms with Gasteiger partial charge in [-0.05, 0) is 44.4 Å². The summed E-state index contributed by atoms with van der Waals surface area (Å²) in [7, 11) is 0. The lowest BCUT2D eigenvalue weighted by atomic mass is 9.77. The minimum Gasteiger partial charge on any atom is -0.461 e. The molecule has 0 aromatic rings. The molecule has 2 aliphatic rings. The highest BCUT2D eigenvalue weighted by Gasteiger charge is 2.40. The molecule has 0 heterocycles. The van der Waals surface area contributed by atoms with Crippen molar-refractivity contribution in [3.8, 4) is 0 Å². The third-order valence-corrected chi connectivity index (χ3v) is 4.83. The topological polar surface area (TPSA) is 26.3 Å². The Labute approximate surface area is 105 Å². The monoisotopic (exact) mass is 238 g/mol. The van der Waals surface area contributed by atoms with Crippen LogP contribution in [0.15, 0.2) is 0 Å². The van der Waals surface area contributed by atoms with Crippen LogP contribution in [0.4, 0.5) is 0 Å². The maximum absolute atomic E-state index is 10.9. The Balaban J connectivity index is 2.08. The molecule has 2 aliphatic carbocycles. The third-order valence-electron chi connectivity index (χ3n) is 4.83. The highest BCUT2D eigenvalue weighted by Crippen LogP contribution is 2.42. The first-order valence-electron chi connectivity index (χ1n) is 7.49. The molecule has 0 atom stereocenters. The second-order valence-corrected chi connectivity index (χ2v) is 5.88. The van der Waals surface area contributed by atoms with Crippen molar-refractivity contribution >= 4 is 6.47 Å². The first-order chi connectivity index (χ1) is 8.37. The van der Waals surface area contributed by atoms with Crippen molar-refractivity contribution in [2.45, 2.75) is 82.7 Å². The maximum Gasteiger partial charge on any atom is 0.293 e. The molecule has 0 unspecified atom stereocenters. The molecular formula is C15H26O2. The van der Waals surface area contributed by atoms with Crippen molar-refractivity contribution < 1.29 is 9.53 Å². The fraction of sp³-hybridized carbons (Fsp3) is 0.933. The number of hydrogen-bond donors (Lipinski definition) is 0. The van der Waals surface area contributed by atoms with E-state index in [1.165, 1.54) is 64.2 Å². The van der Waals surface area contributed by atoms with Crippen molar-refractivity contribution in [3.05, 3.63) is 0 Å². The summed E-state index contributed by atoms with van der Waals surface area (Å²) in [5.41, 5.74) is -0.0947. The van der Waals surface area contributed by atoms with Crippen LogP contribution >= 0.6 is 0 Å². The Morgan fingerprint density at radius 3 is 1.88 bits per heavy atom. The van der Waals surface area contributed by atoms with Crippen molar-refractivity contribution in [3.63, 3.8) is 0 Å². The van der Waals surface area contributed by atoms with E-state index in [2.05, 4.69) is 0 Å². The minimum atomic E-state index is -0.0947. The summed E-state index contributed by atoms with van der Waals surface area (Å²) in [5, 5.41) is 0. The van der Waals surface area contributed by atoms with Gasteiger partial charge in [-0.1, -0.05) is 38.5 Å². The van der Waals surface area contributed by atoms with Crippen LogP contribution in [0.2, 0.25) is 0 Å². The quantitative estimate of drug-likeness (QED) is 0.543. The van der Waals surface area contributed by atoms with E-state index >= 15 is 0 Å². The van der Waals surface area contributed by atoms with Gasteiger partial charge in [0.05, 0.1) is 0 Å². The highest BCUT2D eigenvalue weighted by molar-refractivity contribution is 5.38. The van der Waals surface area contributed by atoms with Crippen LogP contribution in [-0.4, -0.2) is 12.1 Å². The first kappa shape index (κ1) is 12.9. The molecule has 2 nitrogen and oxygen atoms in total. The molecule has 2 saturated carbocycles. The molecule has 0 bridgehead atoms. The average molecular weight is 238 g/mol. The summed E-state index contributed by atoms with van der Waals surface area (Å²) >= 11 is 0. The van der Waals surface area contributed by atoms with Crippen molar-refractivity contribution in [1.82, 2.24) is 0 Å². The molecule has 0 N–H and O–H groups in total. The summed E-state index contributed by atoms with van der Waals surface area (Å²) in [6, 6.07) is 0. The fourth-order valence-electron chi connectivity index (χ4n) is 3.85. The standard InChI is InChI=1S/C15H26O2/c16-13-17-15(11-7-3-4-8-12-15)14-9-5-1-2-6-10-14/h13-14H,1-12H2. The van der Waals surface area contributed by atoms with Gasteiger partial charge in [-0.3, -0.25) is 4.79 Å². The highest BCUT2D eigenvalue weighted by atomic mass is 16.5. The number of carbonyl (C=O) groups is 1. The van der Waals surface area contributed by atoms with Gasteiger partial charge in [-0.25, -0.2) is 0 Å². The van der Waals surface area contributed by atoms with E-state index in [0.29, 0.717) is 5.92 Å². The predicted molar refractivity (Wildman–Crippen MR) is 68.8 cm³/mol. The molecule has 0 amide bonds. The van der Waals surface area contributed by atoms with Crippen LogP contribution in [0.1, 0.15) is 77.0 Å². The molecule has 0 aromatic carbocycles. The first-order valence-corrected chi connectivity index (χ1v) is 7.49. The van der Waals surface area contributed by atoms with E-state index in [9.17, 15) is 4.79 Å². The lowest BCUT2D eigenvalue weighted by Gasteiger charge is -2.38. The Bertz CT molecular complexity index is 221. The van der Waals surface area contributed by atoms with E-state index in [-0.39, 0.29) is 5.60 Å². The second kappa shape index (κ2) is 6.42. The number of carbonyl (C=O) groups excluding carboxylic acids is 1. The summed E-state index contributed by atoms with van der Waals surface area (Å²) in [4.78, 5) is 10.9. The van der Waals surface area contributed by atoms with Crippen LogP contribution in [0.5, 0.6) is 0 Å².